The summed E-state index contributed by atoms with van der Waals surface area (Å²) in [6.45, 7) is 7.06. The van der Waals surface area contributed by atoms with Crippen molar-refractivity contribution in [3.8, 4) is 0 Å². The molecule has 2 aliphatic heterocycles. The summed E-state index contributed by atoms with van der Waals surface area (Å²) in [6.07, 6.45) is 1.06. The van der Waals surface area contributed by atoms with Crippen molar-refractivity contribution < 1.29 is 17.6 Å². The molecule has 0 bridgehead atoms. The fourth-order valence-electron chi connectivity index (χ4n) is 3.83. The third kappa shape index (κ3) is 4.86. The third-order valence-electron chi connectivity index (χ3n) is 5.62. The van der Waals surface area contributed by atoms with E-state index in [1.54, 1.807) is 12.1 Å². The average Bonchev–Trinajstić information content (AvgIpc) is 2.69. The minimum Gasteiger partial charge on any atom is -0.340 e. The highest BCUT2D eigenvalue weighted by atomic mass is 32.2. The monoisotopic (exact) mass is 397 g/mol. The number of nitrogens with zero attached hydrogens (tertiary/aromatic N) is 3. The Labute approximate surface area is 161 Å². The van der Waals surface area contributed by atoms with E-state index in [0.717, 1.165) is 32.7 Å². The molecule has 0 radical (unpaired) electrons. The lowest BCUT2D eigenvalue weighted by Gasteiger charge is -2.38. The van der Waals surface area contributed by atoms with Crippen LogP contribution in [0.25, 0.3) is 0 Å². The van der Waals surface area contributed by atoms with E-state index in [-0.39, 0.29) is 23.1 Å². The maximum Gasteiger partial charge on any atom is 0.225 e. The maximum absolute atomic E-state index is 13.8. The number of amides is 1. The molecule has 150 valence electrons. The molecular weight excluding hydrogens is 369 g/mol. The zero-order valence-corrected chi connectivity index (χ0v) is 16.6. The van der Waals surface area contributed by atoms with Crippen molar-refractivity contribution in [1.82, 2.24) is 14.1 Å². The summed E-state index contributed by atoms with van der Waals surface area (Å²) in [6, 6.07) is 5.95. The number of rotatable bonds is 5. The predicted molar refractivity (Wildman–Crippen MR) is 102 cm³/mol. The summed E-state index contributed by atoms with van der Waals surface area (Å²) in [5.74, 6) is -0.801. The third-order valence-corrected chi connectivity index (χ3v) is 7.45. The van der Waals surface area contributed by atoms with E-state index < -0.39 is 15.8 Å². The number of likely N-dealkylation sites (N-methyl/N-ethyl adjacent to an activating group) is 1. The van der Waals surface area contributed by atoms with Crippen LogP contribution >= 0.6 is 0 Å². The van der Waals surface area contributed by atoms with Gasteiger partial charge in [-0.25, -0.2) is 17.1 Å². The van der Waals surface area contributed by atoms with Gasteiger partial charge in [-0.3, -0.25) is 4.79 Å². The number of benzene rings is 1. The molecule has 1 aromatic carbocycles. The van der Waals surface area contributed by atoms with E-state index in [1.807, 2.05) is 4.90 Å². The summed E-state index contributed by atoms with van der Waals surface area (Å²) in [7, 11) is -3.58. The predicted octanol–water partition coefficient (Wildman–Crippen LogP) is 1.53. The van der Waals surface area contributed by atoms with Crippen molar-refractivity contribution in [2.24, 2.45) is 5.92 Å². The highest BCUT2D eigenvalue weighted by molar-refractivity contribution is 7.88. The fourth-order valence-corrected chi connectivity index (χ4v) is 5.40. The lowest BCUT2D eigenvalue weighted by atomic mass is 9.96. The van der Waals surface area contributed by atoms with E-state index in [1.165, 1.54) is 16.4 Å². The second-order valence-corrected chi connectivity index (χ2v) is 9.25. The number of halogens is 1. The smallest absolute Gasteiger partial charge is 0.225 e. The first-order valence-corrected chi connectivity index (χ1v) is 11.2. The Morgan fingerprint density at radius 3 is 2.30 bits per heavy atom. The number of piperidine rings is 1. The largest absolute Gasteiger partial charge is 0.340 e. The van der Waals surface area contributed by atoms with Gasteiger partial charge < -0.3 is 9.80 Å². The number of hydrogen-bond donors (Lipinski definition) is 0. The molecule has 2 aliphatic rings. The molecule has 0 aliphatic carbocycles. The molecule has 2 saturated heterocycles. The van der Waals surface area contributed by atoms with Crippen molar-refractivity contribution in [3.63, 3.8) is 0 Å². The molecule has 0 spiro atoms. The van der Waals surface area contributed by atoms with Gasteiger partial charge in [-0.1, -0.05) is 25.1 Å². The van der Waals surface area contributed by atoms with Crippen LogP contribution in [-0.2, 0) is 20.6 Å². The molecule has 3 rings (SSSR count). The van der Waals surface area contributed by atoms with E-state index in [4.69, 9.17) is 0 Å². The van der Waals surface area contributed by atoms with E-state index >= 15 is 0 Å². The fraction of sp³-hybridized carbons (Fsp3) is 0.632. The van der Waals surface area contributed by atoms with Gasteiger partial charge in [0.1, 0.15) is 5.82 Å². The van der Waals surface area contributed by atoms with Crippen LogP contribution in [-0.4, -0.2) is 74.2 Å². The molecule has 0 saturated carbocycles. The number of carbonyl (C=O) groups is 1. The maximum atomic E-state index is 13.8. The summed E-state index contributed by atoms with van der Waals surface area (Å²) in [4.78, 5) is 17.0. The number of carbonyl (C=O) groups excluding carboxylic acids is 1. The Morgan fingerprint density at radius 1 is 1.07 bits per heavy atom. The first kappa shape index (κ1) is 20.2. The zero-order valence-electron chi connectivity index (χ0n) is 15.8. The van der Waals surface area contributed by atoms with Crippen LogP contribution in [0.5, 0.6) is 0 Å². The second kappa shape index (κ2) is 8.67. The topological polar surface area (TPSA) is 60.9 Å². The molecule has 6 nitrogen and oxygen atoms in total. The van der Waals surface area contributed by atoms with E-state index in [0.29, 0.717) is 25.9 Å². The minimum atomic E-state index is -3.58. The van der Waals surface area contributed by atoms with Crippen molar-refractivity contribution in [2.45, 2.75) is 25.5 Å². The molecule has 27 heavy (non-hydrogen) atoms. The Balaban J connectivity index is 1.54. The van der Waals surface area contributed by atoms with Gasteiger partial charge in [0.05, 0.1) is 5.75 Å². The molecule has 1 amide bonds. The van der Waals surface area contributed by atoms with Crippen molar-refractivity contribution in [3.05, 3.63) is 35.6 Å². The van der Waals surface area contributed by atoms with Gasteiger partial charge in [0.15, 0.2) is 0 Å². The Kier molecular flexibility index (Phi) is 6.49. The van der Waals surface area contributed by atoms with Gasteiger partial charge in [-0.15, -0.1) is 0 Å². The van der Waals surface area contributed by atoms with Crippen molar-refractivity contribution >= 4 is 15.9 Å². The quantitative estimate of drug-likeness (QED) is 0.756. The summed E-state index contributed by atoms with van der Waals surface area (Å²) in [5, 5.41) is 0. The van der Waals surface area contributed by atoms with Crippen LogP contribution in [0.3, 0.4) is 0 Å². The van der Waals surface area contributed by atoms with Crippen LogP contribution in [0, 0.1) is 11.7 Å². The molecule has 0 N–H and O–H groups in total. The highest BCUT2D eigenvalue weighted by Gasteiger charge is 2.34. The van der Waals surface area contributed by atoms with Gasteiger partial charge in [0.2, 0.25) is 15.9 Å². The van der Waals surface area contributed by atoms with Crippen molar-refractivity contribution in [1.29, 1.82) is 0 Å². The van der Waals surface area contributed by atoms with Crippen LogP contribution in [0.1, 0.15) is 25.3 Å². The normalized spacial score (nSPS) is 20.7. The molecular formula is C19H28FN3O3S. The molecule has 0 unspecified atom stereocenters. The van der Waals surface area contributed by atoms with E-state index in [9.17, 15) is 17.6 Å². The molecule has 2 fully saturated rings. The summed E-state index contributed by atoms with van der Waals surface area (Å²) >= 11 is 0. The summed E-state index contributed by atoms with van der Waals surface area (Å²) in [5.41, 5.74) is 0.185. The SMILES string of the molecule is CCN1CCN(C(=O)C2CCN(S(=O)(=O)Cc3ccccc3F)CC2)CC1. The van der Waals surface area contributed by atoms with Gasteiger partial charge in [-0.05, 0) is 25.5 Å². The summed E-state index contributed by atoms with van der Waals surface area (Å²) < 4.78 is 40.4. The minimum absolute atomic E-state index is 0.113. The van der Waals surface area contributed by atoms with Crippen LogP contribution < -0.4 is 0 Å². The zero-order chi connectivity index (χ0) is 19.4. The Morgan fingerprint density at radius 2 is 1.70 bits per heavy atom. The number of piperazine rings is 1. The Bertz CT molecular complexity index is 755. The number of hydrogen-bond acceptors (Lipinski definition) is 4. The Hall–Kier alpha value is -1.51. The molecule has 8 heteroatoms. The van der Waals surface area contributed by atoms with Gasteiger partial charge in [0, 0.05) is 50.7 Å². The second-order valence-electron chi connectivity index (χ2n) is 7.28. The average molecular weight is 398 g/mol. The molecule has 0 atom stereocenters. The standard InChI is InChI=1S/C19H28FN3O3S/c1-2-21-11-13-22(14-12-21)19(24)16-7-9-23(10-8-16)27(25,26)15-17-5-3-4-6-18(17)20/h3-6,16H,2,7-15H2,1H3. The molecule has 1 aromatic rings. The molecule has 2 heterocycles. The van der Waals surface area contributed by atoms with Crippen LogP contribution in [0.2, 0.25) is 0 Å². The van der Waals surface area contributed by atoms with Gasteiger partial charge in [-0.2, -0.15) is 0 Å². The van der Waals surface area contributed by atoms with Crippen LogP contribution in [0.15, 0.2) is 24.3 Å². The number of sulfonamides is 1. The van der Waals surface area contributed by atoms with Gasteiger partial charge >= 0.3 is 0 Å². The van der Waals surface area contributed by atoms with Gasteiger partial charge in [0.25, 0.3) is 0 Å². The first-order chi connectivity index (χ1) is 12.9. The highest BCUT2D eigenvalue weighted by Crippen LogP contribution is 2.24. The van der Waals surface area contributed by atoms with Crippen molar-refractivity contribution in [2.75, 3.05) is 45.8 Å². The van der Waals surface area contributed by atoms with Crippen LogP contribution in [0.4, 0.5) is 4.39 Å². The lowest BCUT2D eigenvalue weighted by molar-refractivity contribution is -0.138. The molecule has 0 aromatic heterocycles. The lowest BCUT2D eigenvalue weighted by Crippen LogP contribution is -2.51. The van der Waals surface area contributed by atoms with E-state index in [2.05, 4.69) is 11.8 Å². The first-order valence-electron chi connectivity index (χ1n) is 9.63.